The Kier molecular flexibility index (Phi) is 3.89. The van der Waals surface area contributed by atoms with Crippen molar-refractivity contribution in [2.24, 2.45) is 0 Å². The van der Waals surface area contributed by atoms with E-state index in [1.807, 2.05) is 0 Å². The van der Waals surface area contributed by atoms with Crippen LogP contribution in [0.15, 0.2) is 36.4 Å². The highest BCUT2D eigenvalue weighted by Crippen LogP contribution is 2.21. The van der Waals surface area contributed by atoms with Gasteiger partial charge in [-0.25, -0.2) is 4.39 Å². The van der Waals surface area contributed by atoms with Gasteiger partial charge in [0, 0.05) is 23.0 Å². The maximum atomic E-state index is 13.2. The molecule has 2 rings (SSSR count). The molecule has 0 atom stereocenters. The number of amides is 1. The molecule has 0 fully saturated rings. The third-order valence-corrected chi connectivity index (χ3v) is 2.87. The zero-order valence-corrected chi connectivity index (χ0v) is 11.2. The van der Waals surface area contributed by atoms with Crippen LogP contribution in [0.1, 0.15) is 15.9 Å². The average molecular weight is 274 g/mol. The molecule has 0 aliphatic heterocycles. The highest BCUT2D eigenvalue weighted by Gasteiger charge is 2.10. The van der Waals surface area contributed by atoms with Crippen molar-refractivity contribution in [1.82, 2.24) is 0 Å². The van der Waals surface area contributed by atoms with Gasteiger partial charge in [0.2, 0.25) is 0 Å². The van der Waals surface area contributed by atoms with Gasteiger partial charge in [-0.2, -0.15) is 0 Å². The number of hydrogen-bond acceptors (Lipinski definition) is 3. The van der Waals surface area contributed by atoms with Crippen LogP contribution in [0.2, 0.25) is 0 Å². The number of benzene rings is 2. The Morgan fingerprint density at radius 3 is 2.70 bits per heavy atom. The van der Waals surface area contributed by atoms with Crippen molar-refractivity contribution < 1.29 is 13.9 Å². The molecule has 3 N–H and O–H groups in total. The van der Waals surface area contributed by atoms with Crippen LogP contribution in [-0.4, -0.2) is 13.0 Å². The minimum Gasteiger partial charge on any atom is -0.497 e. The summed E-state index contributed by atoms with van der Waals surface area (Å²) in [7, 11) is 1.49. The molecule has 0 aliphatic carbocycles. The molecule has 0 saturated heterocycles. The van der Waals surface area contributed by atoms with E-state index in [4.69, 9.17) is 10.5 Å². The van der Waals surface area contributed by atoms with E-state index in [1.54, 1.807) is 25.1 Å². The minimum absolute atomic E-state index is 0.352. The van der Waals surface area contributed by atoms with Crippen LogP contribution < -0.4 is 15.8 Å². The van der Waals surface area contributed by atoms with Crippen LogP contribution >= 0.6 is 0 Å². The van der Waals surface area contributed by atoms with Crippen LogP contribution in [-0.2, 0) is 0 Å². The summed E-state index contributed by atoms with van der Waals surface area (Å²) < 4.78 is 18.3. The first-order valence-corrected chi connectivity index (χ1v) is 6.01. The molecule has 0 spiro atoms. The number of ether oxygens (including phenoxy) is 1. The van der Waals surface area contributed by atoms with Crippen LogP contribution in [0.5, 0.6) is 5.75 Å². The van der Waals surface area contributed by atoms with Crippen LogP contribution in [0.3, 0.4) is 0 Å². The molecule has 0 aliphatic rings. The normalized spacial score (nSPS) is 10.2. The van der Waals surface area contributed by atoms with Gasteiger partial charge in [-0.15, -0.1) is 0 Å². The molecule has 5 heteroatoms. The van der Waals surface area contributed by atoms with Crippen molar-refractivity contribution >= 4 is 17.3 Å². The standard InChI is InChI=1S/C15H15FN2O2/c1-9-3-4-11(16)7-14(9)18-15(19)10-5-12(17)8-13(6-10)20-2/h3-8H,17H2,1-2H3,(H,18,19). The lowest BCUT2D eigenvalue weighted by Gasteiger charge is -2.10. The summed E-state index contributed by atoms with van der Waals surface area (Å²) in [6.07, 6.45) is 0. The summed E-state index contributed by atoms with van der Waals surface area (Å²) in [6.45, 7) is 1.79. The first-order valence-electron chi connectivity index (χ1n) is 6.01. The van der Waals surface area contributed by atoms with Gasteiger partial charge >= 0.3 is 0 Å². The molecule has 0 heterocycles. The highest BCUT2D eigenvalue weighted by atomic mass is 19.1. The van der Waals surface area contributed by atoms with Gasteiger partial charge in [-0.1, -0.05) is 6.07 Å². The summed E-state index contributed by atoms with van der Waals surface area (Å²) in [5.74, 6) is -0.286. The summed E-state index contributed by atoms with van der Waals surface area (Å²) in [5, 5.41) is 2.66. The fourth-order valence-corrected chi connectivity index (χ4v) is 1.79. The lowest BCUT2D eigenvalue weighted by atomic mass is 10.1. The van der Waals surface area contributed by atoms with Crippen molar-refractivity contribution in [3.05, 3.63) is 53.3 Å². The van der Waals surface area contributed by atoms with Gasteiger partial charge in [0.1, 0.15) is 11.6 Å². The molecule has 0 unspecified atom stereocenters. The number of nitrogen functional groups attached to an aromatic ring is 1. The molecule has 1 amide bonds. The Morgan fingerprint density at radius 1 is 1.25 bits per heavy atom. The summed E-state index contributed by atoms with van der Waals surface area (Å²) in [4.78, 5) is 12.2. The van der Waals surface area contributed by atoms with Gasteiger partial charge in [-0.3, -0.25) is 4.79 Å². The topological polar surface area (TPSA) is 64.3 Å². The lowest BCUT2D eigenvalue weighted by molar-refractivity contribution is 0.102. The number of halogens is 1. The van der Waals surface area contributed by atoms with Gasteiger partial charge in [0.25, 0.3) is 5.91 Å². The second kappa shape index (κ2) is 5.61. The minimum atomic E-state index is -0.406. The largest absolute Gasteiger partial charge is 0.497 e. The fourth-order valence-electron chi connectivity index (χ4n) is 1.79. The predicted molar refractivity (Wildman–Crippen MR) is 76.5 cm³/mol. The Hall–Kier alpha value is -2.56. The van der Waals surface area contributed by atoms with Crippen LogP contribution in [0.4, 0.5) is 15.8 Å². The third kappa shape index (κ3) is 3.06. The van der Waals surface area contributed by atoms with Gasteiger partial charge in [0.05, 0.1) is 7.11 Å². The Bertz CT molecular complexity index is 656. The zero-order chi connectivity index (χ0) is 14.7. The van der Waals surface area contributed by atoms with E-state index in [-0.39, 0.29) is 5.91 Å². The molecule has 2 aromatic carbocycles. The molecule has 0 aromatic heterocycles. The Labute approximate surface area is 116 Å². The summed E-state index contributed by atoms with van der Waals surface area (Å²) in [5.41, 5.74) is 7.68. The number of nitrogens with two attached hydrogens (primary N) is 1. The maximum Gasteiger partial charge on any atom is 0.255 e. The van der Waals surface area contributed by atoms with Crippen molar-refractivity contribution in [3.8, 4) is 5.75 Å². The number of aryl methyl sites for hydroxylation is 1. The van der Waals surface area contributed by atoms with E-state index in [0.29, 0.717) is 22.7 Å². The predicted octanol–water partition coefficient (Wildman–Crippen LogP) is 2.98. The molecular weight excluding hydrogens is 259 g/mol. The monoisotopic (exact) mass is 274 g/mol. The SMILES string of the molecule is COc1cc(N)cc(C(=O)Nc2cc(F)ccc2C)c1. The van der Waals surface area contributed by atoms with Crippen molar-refractivity contribution in [3.63, 3.8) is 0 Å². The van der Waals surface area contributed by atoms with Gasteiger partial charge in [0.15, 0.2) is 0 Å². The Balaban J connectivity index is 2.28. The van der Waals surface area contributed by atoms with Crippen LogP contribution in [0, 0.1) is 12.7 Å². The van der Waals surface area contributed by atoms with E-state index in [9.17, 15) is 9.18 Å². The lowest BCUT2D eigenvalue weighted by Crippen LogP contribution is -2.13. The quantitative estimate of drug-likeness (QED) is 0.846. The number of carbonyl (C=O) groups is 1. The molecule has 104 valence electrons. The van der Waals surface area contributed by atoms with Crippen LogP contribution in [0.25, 0.3) is 0 Å². The first-order chi connectivity index (χ1) is 9.49. The average Bonchev–Trinajstić information content (AvgIpc) is 2.42. The zero-order valence-electron chi connectivity index (χ0n) is 11.2. The van der Waals surface area contributed by atoms with Crippen molar-refractivity contribution in [1.29, 1.82) is 0 Å². The number of rotatable bonds is 3. The number of nitrogens with one attached hydrogen (secondary N) is 1. The van der Waals surface area contributed by atoms with E-state index < -0.39 is 5.82 Å². The van der Waals surface area contributed by atoms with E-state index in [1.165, 1.54) is 25.3 Å². The summed E-state index contributed by atoms with van der Waals surface area (Å²) in [6, 6.07) is 8.94. The number of methoxy groups -OCH3 is 1. The van der Waals surface area contributed by atoms with Gasteiger partial charge in [-0.05, 0) is 36.8 Å². The number of carbonyl (C=O) groups excluding carboxylic acids is 1. The molecule has 0 bridgehead atoms. The van der Waals surface area contributed by atoms with Crippen molar-refractivity contribution in [2.45, 2.75) is 6.92 Å². The van der Waals surface area contributed by atoms with E-state index >= 15 is 0 Å². The second-order valence-corrected chi connectivity index (χ2v) is 4.41. The van der Waals surface area contributed by atoms with Gasteiger partial charge < -0.3 is 15.8 Å². The molecule has 0 saturated carbocycles. The fraction of sp³-hybridized carbons (Fsp3) is 0.133. The molecule has 20 heavy (non-hydrogen) atoms. The number of hydrogen-bond donors (Lipinski definition) is 2. The van der Waals surface area contributed by atoms with E-state index in [2.05, 4.69) is 5.32 Å². The summed E-state index contributed by atoms with van der Waals surface area (Å²) >= 11 is 0. The number of anilines is 2. The molecular formula is C15H15FN2O2. The smallest absolute Gasteiger partial charge is 0.255 e. The van der Waals surface area contributed by atoms with E-state index in [0.717, 1.165) is 5.56 Å². The highest BCUT2D eigenvalue weighted by molar-refractivity contribution is 6.05. The molecule has 2 aromatic rings. The second-order valence-electron chi connectivity index (χ2n) is 4.41. The molecule has 4 nitrogen and oxygen atoms in total. The molecule has 0 radical (unpaired) electrons. The maximum absolute atomic E-state index is 13.2. The Morgan fingerprint density at radius 2 is 2.00 bits per heavy atom. The third-order valence-electron chi connectivity index (χ3n) is 2.87. The van der Waals surface area contributed by atoms with Crippen molar-refractivity contribution in [2.75, 3.05) is 18.2 Å². The first kappa shape index (κ1) is 13.9.